The second-order valence-electron chi connectivity index (χ2n) is 3.85. The molecule has 0 saturated carbocycles. The molecule has 1 N–H and O–H groups in total. The Morgan fingerprint density at radius 3 is 2.56 bits per heavy atom. The zero-order valence-electron chi connectivity index (χ0n) is 10.1. The molecule has 0 amide bonds. The Morgan fingerprint density at radius 1 is 1.28 bits per heavy atom. The Morgan fingerprint density at radius 2 is 1.94 bits per heavy atom. The van der Waals surface area contributed by atoms with Crippen molar-refractivity contribution < 1.29 is 22.5 Å². The molecule has 0 radical (unpaired) electrons. The molecule has 6 heteroatoms. The largest absolute Gasteiger partial charge is 0.425 e. The van der Waals surface area contributed by atoms with Gasteiger partial charge in [-0.3, -0.25) is 9.35 Å². The third-order valence-electron chi connectivity index (χ3n) is 2.34. The van der Waals surface area contributed by atoms with Gasteiger partial charge in [-0.1, -0.05) is 31.9 Å². The standard InChI is InChI=1S/C12H16O5S/c1-2-3-4-9-12(13)17-10-7-5-6-8-11(10)18(14,15)16/h5-8H,2-4,9H2,1H3,(H,14,15,16). The molecule has 1 aromatic carbocycles. The predicted molar refractivity (Wildman–Crippen MR) is 66.0 cm³/mol. The molecule has 5 nitrogen and oxygen atoms in total. The van der Waals surface area contributed by atoms with Crippen LogP contribution in [0.4, 0.5) is 0 Å². The van der Waals surface area contributed by atoms with E-state index in [1.807, 2.05) is 6.92 Å². The third kappa shape index (κ3) is 4.46. The summed E-state index contributed by atoms with van der Waals surface area (Å²) in [5.74, 6) is -0.638. The monoisotopic (exact) mass is 272 g/mol. The van der Waals surface area contributed by atoms with Gasteiger partial charge in [0.2, 0.25) is 0 Å². The first-order valence-corrected chi connectivity index (χ1v) is 7.16. The van der Waals surface area contributed by atoms with Crippen molar-refractivity contribution in [2.75, 3.05) is 0 Å². The molecule has 1 rings (SSSR count). The summed E-state index contributed by atoms with van der Waals surface area (Å²) >= 11 is 0. The van der Waals surface area contributed by atoms with Crippen LogP contribution in [0.15, 0.2) is 29.2 Å². The van der Waals surface area contributed by atoms with Crippen LogP contribution in [0, 0.1) is 0 Å². The molecule has 0 unspecified atom stereocenters. The lowest BCUT2D eigenvalue weighted by Crippen LogP contribution is -2.10. The van der Waals surface area contributed by atoms with Crippen molar-refractivity contribution >= 4 is 16.1 Å². The highest BCUT2D eigenvalue weighted by Crippen LogP contribution is 2.23. The topological polar surface area (TPSA) is 80.7 Å². The fourth-order valence-electron chi connectivity index (χ4n) is 1.44. The maximum Gasteiger partial charge on any atom is 0.311 e. The lowest BCUT2D eigenvalue weighted by Gasteiger charge is -2.07. The van der Waals surface area contributed by atoms with Crippen molar-refractivity contribution in [1.82, 2.24) is 0 Å². The van der Waals surface area contributed by atoms with Gasteiger partial charge >= 0.3 is 5.97 Å². The van der Waals surface area contributed by atoms with Crippen molar-refractivity contribution in [2.24, 2.45) is 0 Å². The van der Waals surface area contributed by atoms with E-state index in [9.17, 15) is 13.2 Å². The van der Waals surface area contributed by atoms with Crippen molar-refractivity contribution in [1.29, 1.82) is 0 Å². The van der Waals surface area contributed by atoms with Crippen LogP contribution in [0.25, 0.3) is 0 Å². The Hall–Kier alpha value is -1.40. The maximum atomic E-state index is 11.5. The minimum atomic E-state index is -4.38. The number of hydrogen-bond donors (Lipinski definition) is 1. The number of para-hydroxylation sites is 1. The van der Waals surface area contributed by atoms with Gasteiger partial charge in [0.25, 0.3) is 10.1 Å². The zero-order valence-corrected chi connectivity index (χ0v) is 10.9. The van der Waals surface area contributed by atoms with E-state index < -0.39 is 21.0 Å². The number of hydrogen-bond acceptors (Lipinski definition) is 4. The second kappa shape index (κ2) is 6.51. The van der Waals surface area contributed by atoms with Crippen LogP contribution in [-0.4, -0.2) is 18.9 Å². The van der Waals surface area contributed by atoms with Crippen molar-refractivity contribution in [2.45, 2.75) is 37.5 Å². The van der Waals surface area contributed by atoms with E-state index >= 15 is 0 Å². The highest BCUT2D eigenvalue weighted by molar-refractivity contribution is 7.86. The molecule has 0 aromatic heterocycles. The molecule has 100 valence electrons. The summed E-state index contributed by atoms with van der Waals surface area (Å²) in [5, 5.41) is 0. The van der Waals surface area contributed by atoms with Crippen LogP contribution in [0.1, 0.15) is 32.6 Å². The molecule has 1 aromatic rings. The average molecular weight is 272 g/mol. The normalized spacial score (nSPS) is 11.2. The van der Waals surface area contributed by atoms with Gasteiger partial charge in [0.15, 0.2) is 5.75 Å². The van der Waals surface area contributed by atoms with Gasteiger partial charge in [-0.25, -0.2) is 0 Å². The first-order valence-electron chi connectivity index (χ1n) is 5.72. The lowest BCUT2D eigenvalue weighted by atomic mass is 10.2. The van der Waals surface area contributed by atoms with Crippen LogP contribution in [0.3, 0.4) is 0 Å². The highest BCUT2D eigenvalue weighted by atomic mass is 32.2. The summed E-state index contributed by atoms with van der Waals surface area (Å²) < 4.78 is 36.0. The van der Waals surface area contributed by atoms with E-state index in [4.69, 9.17) is 9.29 Å². The zero-order chi connectivity index (χ0) is 13.6. The fraction of sp³-hybridized carbons (Fsp3) is 0.417. The van der Waals surface area contributed by atoms with Gasteiger partial charge in [-0.05, 0) is 18.6 Å². The van der Waals surface area contributed by atoms with Crippen molar-refractivity contribution in [3.05, 3.63) is 24.3 Å². The van der Waals surface area contributed by atoms with Crippen LogP contribution in [0.2, 0.25) is 0 Å². The fourth-order valence-corrected chi connectivity index (χ4v) is 2.06. The lowest BCUT2D eigenvalue weighted by molar-refractivity contribution is -0.134. The molecule has 0 heterocycles. The average Bonchev–Trinajstić information content (AvgIpc) is 2.28. The van der Waals surface area contributed by atoms with E-state index in [2.05, 4.69) is 0 Å². The van der Waals surface area contributed by atoms with E-state index in [0.717, 1.165) is 12.8 Å². The van der Waals surface area contributed by atoms with E-state index in [1.54, 1.807) is 0 Å². The molecule has 0 saturated heterocycles. The van der Waals surface area contributed by atoms with E-state index in [1.165, 1.54) is 24.3 Å². The van der Waals surface area contributed by atoms with Crippen LogP contribution >= 0.6 is 0 Å². The summed E-state index contributed by atoms with van der Waals surface area (Å²) in [6, 6.07) is 5.49. The number of rotatable bonds is 6. The summed E-state index contributed by atoms with van der Waals surface area (Å²) in [6.07, 6.45) is 2.82. The smallest absolute Gasteiger partial charge is 0.311 e. The Labute approximate surface area is 107 Å². The van der Waals surface area contributed by atoms with Crippen LogP contribution in [0.5, 0.6) is 5.75 Å². The van der Waals surface area contributed by atoms with Crippen molar-refractivity contribution in [3.63, 3.8) is 0 Å². The van der Waals surface area contributed by atoms with Gasteiger partial charge in [0, 0.05) is 6.42 Å². The number of carbonyl (C=O) groups excluding carboxylic acids is 1. The second-order valence-corrected chi connectivity index (χ2v) is 5.24. The minimum absolute atomic E-state index is 0.138. The van der Waals surface area contributed by atoms with Gasteiger partial charge in [-0.2, -0.15) is 8.42 Å². The Balaban J connectivity index is 2.76. The molecule has 0 spiro atoms. The van der Waals surface area contributed by atoms with Crippen molar-refractivity contribution in [3.8, 4) is 5.75 Å². The van der Waals surface area contributed by atoms with Crippen LogP contribution in [-0.2, 0) is 14.9 Å². The Bertz CT molecular complexity index is 507. The molecule has 0 aliphatic heterocycles. The molecule has 0 aliphatic rings. The summed E-state index contributed by atoms with van der Waals surface area (Å²) in [5.41, 5.74) is 0. The van der Waals surface area contributed by atoms with E-state index in [-0.39, 0.29) is 12.2 Å². The molecule has 0 atom stereocenters. The van der Waals surface area contributed by atoms with Gasteiger partial charge in [0.1, 0.15) is 4.90 Å². The molecule has 0 fully saturated rings. The maximum absolute atomic E-state index is 11.5. The van der Waals surface area contributed by atoms with Gasteiger partial charge in [-0.15, -0.1) is 0 Å². The van der Waals surface area contributed by atoms with E-state index in [0.29, 0.717) is 6.42 Å². The summed E-state index contributed by atoms with van der Waals surface area (Å²) in [4.78, 5) is 11.1. The Kier molecular flexibility index (Phi) is 5.30. The highest BCUT2D eigenvalue weighted by Gasteiger charge is 2.17. The predicted octanol–water partition coefficient (Wildman–Crippen LogP) is 2.42. The summed E-state index contributed by atoms with van der Waals surface area (Å²) in [7, 11) is -4.38. The molecular formula is C12H16O5S. The van der Waals surface area contributed by atoms with Gasteiger partial charge in [0.05, 0.1) is 0 Å². The first kappa shape index (κ1) is 14.7. The SMILES string of the molecule is CCCCCC(=O)Oc1ccccc1S(=O)(=O)O. The first-order chi connectivity index (χ1) is 8.45. The number of benzene rings is 1. The number of esters is 1. The third-order valence-corrected chi connectivity index (χ3v) is 3.23. The van der Waals surface area contributed by atoms with Crippen LogP contribution < -0.4 is 4.74 Å². The minimum Gasteiger partial charge on any atom is -0.425 e. The molecule has 18 heavy (non-hydrogen) atoms. The number of unbranched alkanes of at least 4 members (excludes halogenated alkanes) is 2. The molecular weight excluding hydrogens is 256 g/mol. The molecule has 0 aliphatic carbocycles. The van der Waals surface area contributed by atoms with Gasteiger partial charge < -0.3 is 4.74 Å². The molecule has 0 bridgehead atoms. The quantitative estimate of drug-likeness (QED) is 0.372. The summed E-state index contributed by atoms with van der Waals surface area (Å²) in [6.45, 7) is 2.01. The number of ether oxygens (including phenoxy) is 1. The number of carbonyl (C=O) groups is 1.